The van der Waals surface area contributed by atoms with Gasteiger partial charge in [0.1, 0.15) is 48.9 Å². The van der Waals surface area contributed by atoms with E-state index in [1.54, 1.807) is 0 Å². The third kappa shape index (κ3) is 6.95. The van der Waals surface area contributed by atoms with Crippen molar-refractivity contribution in [1.82, 2.24) is 0 Å². The lowest BCUT2D eigenvalue weighted by Crippen LogP contribution is -2.60. The number of aliphatic carboxylic acids is 1. The van der Waals surface area contributed by atoms with E-state index in [0.717, 1.165) is 12.1 Å². The number of ether oxygens (including phenoxy) is 3. The summed E-state index contributed by atoms with van der Waals surface area (Å²) >= 11 is 0. The van der Waals surface area contributed by atoms with Crippen molar-refractivity contribution in [1.29, 1.82) is 0 Å². The lowest BCUT2D eigenvalue weighted by atomic mass is 9.99. The molecular weight excluding hydrogens is 496 g/mol. The molecule has 13 heteroatoms. The summed E-state index contributed by atoms with van der Waals surface area (Å²) in [4.78, 5) is 34.4. The van der Waals surface area contributed by atoms with Crippen LogP contribution in [0.5, 0.6) is 23.0 Å². The largest absolute Gasteiger partial charge is 0.507 e. The van der Waals surface area contributed by atoms with Gasteiger partial charge in [-0.15, -0.1) is 0 Å². The summed E-state index contributed by atoms with van der Waals surface area (Å²) < 4.78 is 15.5. The van der Waals surface area contributed by atoms with Crippen LogP contribution in [-0.4, -0.2) is 90.8 Å². The van der Waals surface area contributed by atoms with Gasteiger partial charge in [-0.3, -0.25) is 14.4 Å². The highest BCUT2D eigenvalue weighted by Crippen LogP contribution is 2.29. The summed E-state index contributed by atoms with van der Waals surface area (Å²) in [5, 5.41) is 68.1. The molecule has 7 N–H and O–H groups in total. The molecule has 3 rings (SSSR count). The summed E-state index contributed by atoms with van der Waals surface area (Å²) in [5.74, 6) is -4.42. The van der Waals surface area contributed by atoms with Gasteiger partial charge < -0.3 is 50.0 Å². The van der Waals surface area contributed by atoms with Crippen LogP contribution >= 0.6 is 0 Å². The second-order valence-electron chi connectivity index (χ2n) is 8.01. The molecule has 37 heavy (non-hydrogen) atoms. The van der Waals surface area contributed by atoms with E-state index >= 15 is 0 Å². The number of hydrogen-bond donors (Lipinski definition) is 7. The predicted octanol–water partition coefficient (Wildman–Crippen LogP) is -0.0962. The van der Waals surface area contributed by atoms with Crippen molar-refractivity contribution in [2.75, 3.05) is 6.61 Å². The second-order valence-corrected chi connectivity index (χ2v) is 8.01. The maximum atomic E-state index is 12.5. The predicted molar refractivity (Wildman–Crippen MR) is 122 cm³/mol. The Bertz CT molecular complexity index is 1190. The first kappa shape index (κ1) is 27.4. The van der Waals surface area contributed by atoms with Crippen molar-refractivity contribution >= 4 is 23.8 Å². The maximum Gasteiger partial charge on any atom is 0.317 e. The molecule has 0 radical (unpaired) electrons. The van der Waals surface area contributed by atoms with Gasteiger partial charge in [-0.2, -0.15) is 0 Å². The lowest BCUT2D eigenvalue weighted by molar-refractivity contribution is -0.278. The average Bonchev–Trinajstić information content (AvgIpc) is 2.83. The zero-order valence-corrected chi connectivity index (χ0v) is 19.0. The number of rotatable bonds is 9. The number of aliphatic hydroxyl groups is 3. The fourth-order valence-electron chi connectivity index (χ4n) is 3.33. The standard InChI is InChI=1S/C24H24O13/c25-14(5-1-11-2-6-15(26)17(28)7-11)13-4-3-12(8-16(13)27)36-24-23(34)22(33)21(32)18(37-24)10-35-20(31)9-19(29)30/h1-8,18,21-24,26-28,32-34H,9-10H2,(H,29,30)/b5-1+/t18-,21-,22+,23-,24-/m1/s1. The molecule has 0 saturated carbocycles. The third-order valence-electron chi connectivity index (χ3n) is 5.29. The molecule has 2 aromatic carbocycles. The molecule has 0 spiro atoms. The van der Waals surface area contributed by atoms with E-state index in [-0.39, 0.29) is 22.8 Å². The van der Waals surface area contributed by atoms with Gasteiger partial charge >= 0.3 is 11.9 Å². The van der Waals surface area contributed by atoms with Gasteiger partial charge in [0.2, 0.25) is 6.29 Å². The van der Waals surface area contributed by atoms with Gasteiger partial charge in [0.15, 0.2) is 17.3 Å². The molecule has 13 nitrogen and oxygen atoms in total. The minimum atomic E-state index is -1.78. The summed E-state index contributed by atoms with van der Waals surface area (Å²) in [5.41, 5.74) is 0.297. The minimum Gasteiger partial charge on any atom is -0.507 e. The number of allylic oxidation sites excluding steroid dienone is 1. The molecule has 0 aliphatic carbocycles. The van der Waals surface area contributed by atoms with Crippen LogP contribution in [0.1, 0.15) is 22.3 Å². The Morgan fingerprint density at radius 1 is 0.892 bits per heavy atom. The van der Waals surface area contributed by atoms with Crippen LogP contribution in [0.15, 0.2) is 42.5 Å². The van der Waals surface area contributed by atoms with Crippen molar-refractivity contribution in [3.8, 4) is 23.0 Å². The van der Waals surface area contributed by atoms with Crippen LogP contribution in [0.25, 0.3) is 6.08 Å². The van der Waals surface area contributed by atoms with E-state index in [4.69, 9.17) is 19.3 Å². The Morgan fingerprint density at radius 3 is 2.27 bits per heavy atom. The number of carbonyl (C=O) groups excluding carboxylic acids is 2. The average molecular weight is 520 g/mol. The Kier molecular flexibility index (Phi) is 8.68. The SMILES string of the molecule is O=C(O)CC(=O)OC[C@H]1O[C@@H](Oc2ccc(C(=O)/C=C/c3ccc(O)c(O)c3)c(O)c2)[C@H](O)[C@@H](O)[C@@H]1O. The van der Waals surface area contributed by atoms with Crippen LogP contribution in [0.4, 0.5) is 0 Å². The molecular formula is C24H24O13. The molecule has 1 fully saturated rings. The van der Waals surface area contributed by atoms with Gasteiger partial charge in [-0.05, 0) is 35.9 Å². The van der Waals surface area contributed by atoms with Crippen molar-refractivity contribution in [3.05, 3.63) is 53.6 Å². The van der Waals surface area contributed by atoms with E-state index in [2.05, 4.69) is 0 Å². The van der Waals surface area contributed by atoms with E-state index < -0.39 is 67.2 Å². The number of aliphatic hydroxyl groups excluding tert-OH is 3. The van der Waals surface area contributed by atoms with Crippen LogP contribution in [0.3, 0.4) is 0 Å². The van der Waals surface area contributed by atoms with Gasteiger partial charge in [0.05, 0.1) is 5.56 Å². The zero-order chi connectivity index (χ0) is 27.3. The monoisotopic (exact) mass is 520 g/mol. The summed E-state index contributed by atoms with van der Waals surface area (Å²) in [6, 6.07) is 7.46. The number of esters is 1. The highest BCUT2D eigenvalue weighted by atomic mass is 16.7. The van der Waals surface area contributed by atoms with Gasteiger partial charge in [0, 0.05) is 6.07 Å². The van der Waals surface area contributed by atoms with Gasteiger partial charge in [-0.1, -0.05) is 12.1 Å². The normalized spacial score (nSPS) is 23.5. The number of benzene rings is 2. The van der Waals surface area contributed by atoms with Crippen LogP contribution in [-0.2, 0) is 19.1 Å². The van der Waals surface area contributed by atoms with Crippen LogP contribution in [0, 0.1) is 0 Å². The number of aromatic hydroxyl groups is 3. The molecule has 198 valence electrons. The quantitative estimate of drug-likeness (QED) is 0.0756. The minimum absolute atomic E-state index is 0.0873. The Labute approximate surface area is 209 Å². The Morgan fingerprint density at radius 2 is 1.62 bits per heavy atom. The van der Waals surface area contributed by atoms with Crippen LogP contribution < -0.4 is 4.74 Å². The lowest BCUT2D eigenvalue weighted by Gasteiger charge is -2.39. The number of ketones is 1. The summed E-state index contributed by atoms with van der Waals surface area (Å²) in [6.45, 7) is -0.638. The summed E-state index contributed by atoms with van der Waals surface area (Å²) in [7, 11) is 0. The van der Waals surface area contributed by atoms with E-state index in [0.29, 0.717) is 5.56 Å². The molecule has 1 heterocycles. The Hall–Kier alpha value is -4.17. The molecule has 1 aliphatic heterocycles. The van der Waals surface area contributed by atoms with Crippen molar-refractivity contribution < 1.29 is 64.3 Å². The van der Waals surface area contributed by atoms with E-state index in [1.807, 2.05) is 0 Å². The first-order chi connectivity index (χ1) is 17.5. The van der Waals surface area contributed by atoms with Crippen molar-refractivity contribution in [2.24, 2.45) is 0 Å². The molecule has 1 aliphatic rings. The highest BCUT2D eigenvalue weighted by molar-refractivity contribution is 6.08. The number of hydrogen-bond acceptors (Lipinski definition) is 12. The first-order valence-corrected chi connectivity index (χ1v) is 10.8. The fraction of sp³-hybridized carbons (Fsp3) is 0.292. The van der Waals surface area contributed by atoms with E-state index in [1.165, 1.54) is 36.4 Å². The van der Waals surface area contributed by atoms with Crippen molar-refractivity contribution in [2.45, 2.75) is 37.1 Å². The molecule has 2 aromatic rings. The van der Waals surface area contributed by atoms with E-state index in [9.17, 15) is 45.0 Å². The topological polar surface area (TPSA) is 221 Å². The molecule has 0 aromatic heterocycles. The number of carboxylic acids is 1. The summed E-state index contributed by atoms with van der Waals surface area (Å²) in [6.07, 6.45) is -6.63. The van der Waals surface area contributed by atoms with Gasteiger partial charge in [-0.25, -0.2) is 0 Å². The number of phenolic OH excluding ortho intramolecular Hbond substituents is 3. The zero-order valence-electron chi connectivity index (χ0n) is 19.0. The molecule has 0 unspecified atom stereocenters. The molecule has 0 amide bonds. The third-order valence-corrected chi connectivity index (χ3v) is 5.29. The molecule has 0 bridgehead atoms. The molecule has 5 atom stereocenters. The number of carbonyl (C=O) groups is 3. The van der Waals surface area contributed by atoms with Gasteiger partial charge in [0.25, 0.3) is 0 Å². The second kappa shape index (κ2) is 11.7. The van der Waals surface area contributed by atoms with Crippen LogP contribution in [0.2, 0.25) is 0 Å². The maximum absolute atomic E-state index is 12.5. The highest BCUT2D eigenvalue weighted by Gasteiger charge is 2.45. The fourth-order valence-corrected chi connectivity index (χ4v) is 3.33. The number of phenols is 3. The number of carboxylic acid groups (broad SMARTS) is 1. The smallest absolute Gasteiger partial charge is 0.317 e. The van der Waals surface area contributed by atoms with Crippen molar-refractivity contribution in [3.63, 3.8) is 0 Å². The molecule has 1 saturated heterocycles. The Balaban J connectivity index is 1.67. The first-order valence-electron chi connectivity index (χ1n) is 10.8.